The van der Waals surface area contributed by atoms with E-state index in [0.717, 1.165) is 12.0 Å². The monoisotopic (exact) mass is 424 g/mol. The van der Waals surface area contributed by atoms with Crippen LogP contribution >= 0.6 is 0 Å². The third kappa shape index (κ3) is 2.07. The molecule has 2 spiro atoms. The fourth-order valence-electron chi connectivity index (χ4n) is 6.65. The van der Waals surface area contributed by atoms with E-state index in [1.54, 1.807) is 24.3 Å². The van der Waals surface area contributed by atoms with Gasteiger partial charge >= 0.3 is 0 Å². The Kier molecular flexibility index (Phi) is 3.99. The summed E-state index contributed by atoms with van der Waals surface area (Å²) < 4.78 is 70.8. The number of halogens is 2. The van der Waals surface area contributed by atoms with Gasteiger partial charge in [0.2, 0.25) is 0 Å². The van der Waals surface area contributed by atoms with Crippen molar-refractivity contribution in [1.82, 2.24) is 0 Å². The molecule has 3 fully saturated rings. The van der Waals surface area contributed by atoms with Crippen LogP contribution in [0.1, 0.15) is 37.7 Å². The quantitative estimate of drug-likeness (QED) is 0.684. The molecular formula is C22H26F2O4S. The van der Waals surface area contributed by atoms with E-state index in [-0.39, 0.29) is 11.5 Å². The molecule has 5 rings (SSSR count). The van der Waals surface area contributed by atoms with Crippen LogP contribution in [0.25, 0.3) is 0 Å². The van der Waals surface area contributed by atoms with Gasteiger partial charge in [-0.25, -0.2) is 17.2 Å². The molecule has 4 nitrogen and oxygen atoms in total. The zero-order valence-corrected chi connectivity index (χ0v) is 17.5. The van der Waals surface area contributed by atoms with Crippen molar-refractivity contribution in [2.75, 3.05) is 13.7 Å². The van der Waals surface area contributed by atoms with E-state index in [9.17, 15) is 8.42 Å². The van der Waals surface area contributed by atoms with Crippen LogP contribution in [-0.2, 0) is 19.3 Å². The number of sulfone groups is 1. The second kappa shape index (κ2) is 5.89. The summed E-state index contributed by atoms with van der Waals surface area (Å²) in [5.41, 5.74) is -3.51. The molecule has 4 atom stereocenters. The van der Waals surface area contributed by atoms with Crippen molar-refractivity contribution in [2.24, 2.45) is 10.8 Å². The van der Waals surface area contributed by atoms with Crippen molar-refractivity contribution in [3.63, 3.8) is 0 Å². The molecule has 1 aromatic carbocycles. The van der Waals surface area contributed by atoms with E-state index in [0.29, 0.717) is 25.7 Å². The summed E-state index contributed by atoms with van der Waals surface area (Å²) in [6.07, 6.45) is 5.38. The first-order valence-corrected chi connectivity index (χ1v) is 11.8. The minimum atomic E-state index is -4.09. The van der Waals surface area contributed by atoms with E-state index in [1.165, 1.54) is 19.2 Å². The summed E-state index contributed by atoms with van der Waals surface area (Å²) in [6.45, 7) is 1.80. The van der Waals surface area contributed by atoms with E-state index >= 15 is 8.78 Å². The maximum atomic E-state index is 15.8. The predicted molar refractivity (Wildman–Crippen MR) is 104 cm³/mol. The van der Waals surface area contributed by atoms with Gasteiger partial charge in [0, 0.05) is 7.11 Å². The largest absolute Gasteiger partial charge is 0.381 e. The molecule has 2 heterocycles. The smallest absolute Gasteiger partial charge is 0.265 e. The molecule has 0 amide bonds. The van der Waals surface area contributed by atoms with Gasteiger partial charge in [-0.2, -0.15) is 0 Å². The fraction of sp³-hybridized carbons (Fsp3) is 0.636. The topological polar surface area (TPSA) is 52.6 Å². The molecule has 7 heteroatoms. The van der Waals surface area contributed by atoms with Crippen LogP contribution in [0, 0.1) is 17.8 Å². The van der Waals surface area contributed by atoms with Crippen LogP contribution in [0.2, 0.25) is 0 Å². The van der Waals surface area contributed by atoms with Gasteiger partial charge in [0.05, 0.1) is 28.4 Å². The van der Waals surface area contributed by atoms with Gasteiger partial charge in [-0.3, -0.25) is 0 Å². The molecule has 2 aliphatic heterocycles. The maximum Gasteiger partial charge on any atom is 0.265 e. The molecule has 1 saturated heterocycles. The summed E-state index contributed by atoms with van der Waals surface area (Å²) in [4.78, 5) is 0.0705. The normalized spacial score (nSPS) is 38.8. The molecule has 2 bridgehead atoms. The maximum absolute atomic E-state index is 15.8. The zero-order chi connectivity index (χ0) is 20.7. The second-order valence-corrected chi connectivity index (χ2v) is 11.1. The Morgan fingerprint density at radius 3 is 2.41 bits per heavy atom. The van der Waals surface area contributed by atoms with Crippen LogP contribution in [0.5, 0.6) is 0 Å². The number of fused-ring (bicyclic) bond motifs is 4. The summed E-state index contributed by atoms with van der Waals surface area (Å²) in [7, 11) is -2.65. The lowest BCUT2D eigenvalue weighted by molar-refractivity contribution is -0.0286. The summed E-state index contributed by atoms with van der Waals surface area (Å²) in [6, 6.07) is 6.44. The molecule has 1 aromatic rings. The highest BCUT2D eigenvalue weighted by Crippen LogP contribution is 2.87. The van der Waals surface area contributed by atoms with Crippen LogP contribution in [-0.4, -0.2) is 45.0 Å². The Labute approximate surface area is 170 Å². The number of aryl methyl sites for hydroxylation is 1. The number of benzene rings is 1. The van der Waals surface area contributed by atoms with E-state index in [4.69, 9.17) is 9.47 Å². The Morgan fingerprint density at radius 1 is 1.14 bits per heavy atom. The Bertz CT molecular complexity index is 965. The third-order valence-electron chi connectivity index (χ3n) is 7.79. The molecule has 0 unspecified atom stereocenters. The van der Waals surface area contributed by atoms with E-state index in [1.807, 2.05) is 6.92 Å². The number of methoxy groups -OCH3 is 1. The highest BCUT2D eigenvalue weighted by Gasteiger charge is 3.00. The standard InChI is InChI=1S/C22H26F2O4S/c1-15-6-8-16(9-7-15)29(25,26)18-19(14-27-2)13-10-17(28-19)21(18)20(22(21,23)24)11-4-3-5-12-20/h6-10,13,17-18H,3-5,11-12,14H2,1-2H3/t17-,18-,19-,21-/m1/s1. The lowest BCUT2D eigenvalue weighted by Crippen LogP contribution is -2.52. The van der Waals surface area contributed by atoms with Gasteiger partial charge in [-0.05, 0) is 31.9 Å². The summed E-state index contributed by atoms with van der Waals surface area (Å²) >= 11 is 0. The SMILES string of the molecule is COC[C@@]12C=C[C@@H](O1)[C@]1([C@@H]2S(=O)(=O)c2ccc(C)cc2)C(F)(F)C12CCCCC2. The van der Waals surface area contributed by atoms with Crippen molar-refractivity contribution in [3.8, 4) is 0 Å². The van der Waals surface area contributed by atoms with Crippen molar-refractivity contribution >= 4 is 9.84 Å². The van der Waals surface area contributed by atoms with Gasteiger partial charge in [-0.1, -0.05) is 49.1 Å². The van der Waals surface area contributed by atoms with Crippen molar-refractivity contribution < 1.29 is 26.7 Å². The number of alkyl halides is 2. The molecule has 29 heavy (non-hydrogen) atoms. The lowest BCUT2D eigenvalue weighted by Gasteiger charge is -2.35. The number of rotatable bonds is 4. The molecule has 2 saturated carbocycles. The highest BCUT2D eigenvalue weighted by molar-refractivity contribution is 7.92. The van der Waals surface area contributed by atoms with Gasteiger partial charge in [0.25, 0.3) is 5.92 Å². The molecule has 0 aromatic heterocycles. The molecule has 0 radical (unpaired) electrons. The van der Waals surface area contributed by atoms with Crippen LogP contribution in [0.3, 0.4) is 0 Å². The fourth-order valence-corrected chi connectivity index (χ4v) is 9.16. The van der Waals surface area contributed by atoms with E-state index in [2.05, 4.69) is 0 Å². The van der Waals surface area contributed by atoms with Gasteiger partial charge < -0.3 is 9.47 Å². The van der Waals surface area contributed by atoms with Crippen molar-refractivity contribution in [1.29, 1.82) is 0 Å². The number of hydrogen-bond donors (Lipinski definition) is 0. The van der Waals surface area contributed by atoms with Crippen molar-refractivity contribution in [2.45, 2.75) is 66.8 Å². The van der Waals surface area contributed by atoms with Crippen LogP contribution < -0.4 is 0 Å². The van der Waals surface area contributed by atoms with Crippen molar-refractivity contribution in [3.05, 3.63) is 42.0 Å². The Balaban J connectivity index is 1.72. The minimum absolute atomic E-state index is 0.0658. The minimum Gasteiger partial charge on any atom is -0.381 e. The van der Waals surface area contributed by atoms with Crippen LogP contribution in [0.4, 0.5) is 8.78 Å². The second-order valence-electron chi connectivity index (χ2n) is 9.11. The molecule has 158 valence electrons. The number of hydrogen-bond acceptors (Lipinski definition) is 4. The first-order chi connectivity index (χ1) is 13.7. The molecule has 0 N–H and O–H groups in total. The summed E-state index contributed by atoms with van der Waals surface area (Å²) in [5.74, 6) is -3.09. The highest BCUT2D eigenvalue weighted by atomic mass is 32.2. The van der Waals surface area contributed by atoms with Crippen LogP contribution in [0.15, 0.2) is 41.3 Å². The molecular weight excluding hydrogens is 398 g/mol. The molecule has 4 aliphatic rings. The average molecular weight is 425 g/mol. The first-order valence-electron chi connectivity index (χ1n) is 10.2. The predicted octanol–water partition coefficient (Wildman–Crippen LogP) is 4.08. The summed E-state index contributed by atoms with van der Waals surface area (Å²) in [5, 5.41) is -1.37. The zero-order valence-electron chi connectivity index (χ0n) is 16.7. The third-order valence-corrected chi connectivity index (χ3v) is 10.1. The Hall–Kier alpha value is -1.31. The Morgan fingerprint density at radius 2 is 1.79 bits per heavy atom. The van der Waals surface area contributed by atoms with Gasteiger partial charge in [-0.15, -0.1) is 0 Å². The first kappa shape index (κ1) is 19.6. The molecule has 2 aliphatic carbocycles. The van der Waals surface area contributed by atoms with Gasteiger partial charge in [0.1, 0.15) is 10.9 Å². The lowest BCUT2D eigenvalue weighted by atomic mass is 9.72. The number of ether oxygens (including phenoxy) is 2. The average Bonchev–Trinajstić information content (AvgIpc) is 3.07. The van der Waals surface area contributed by atoms with Gasteiger partial charge in [0.15, 0.2) is 9.84 Å². The van der Waals surface area contributed by atoms with E-state index < -0.39 is 43.5 Å².